The first kappa shape index (κ1) is 13.9. The van der Waals surface area contributed by atoms with Crippen LogP contribution in [-0.2, 0) is 4.79 Å². The lowest BCUT2D eigenvalue weighted by Crippen LogP contribution is -2.52. The SMILES string of the molecule is CCC[C@@H](C(=O)O)N1CCN(c2ccccc2)CC1. The number of benzene rings is 1. The van der Waals surface area contributed by atoms with Crippen molar-refractivity contribution >= 4 is 11.7 Å². The fraction of sp³-hybridized carbons (Fsp3) is 0.533. The van der Waals surface area contributed by atoms with Gasteiger partial charge in [0.1, 0.15) is 6.04 Å². The number of anilines is 1. The third kappa shape index (κ3) is 3.47. The average Bonchev–Trinajstić information content (AvgIpc) is 2.46. The summed E-state index contributed by atoms with van der Waals surface area (Å²) in [5, 5.41) is 9.28. The zero-order chi connectivity index (χ0) is 13.7. The number of para-hydroxylation sites is 1. The van der Waals surface area contributed by atoms with Crippen LogP contribution in [-0.4, -0.2) is 48.2 Å². The van der Waals surface area contributed by atoms with Gasteiger partial charge in [0.25, 0.3) is 0 Å². The van der Waals surface area contributed by atoms with Crippen molar-refractivity contribution < 1.29 is 9.90 Å². The molecule has 0 amide bonds. The summed E-state index contributed by atoms with van der Waals surface area (Å²) in [6, 6.07) is 9.99. The predicted molar refractivity (Wildman–Crippen MR) is 76.6 cm³/mol. The molecular formula is C15H22N2O2. The lowest BCUT2D eigenvalue weighted by atomic mass is 10.1. The first-order valence-electron chi connectivity index (χ1n) is 6.99. The van der Waals surface area contributed by atoms with Crippen molar-refractivity contribution in [2.45, 2.75) is 25.8 Å². The standard InChI is InChI=1S/C15H22N2O2/c1-2-6-14(15(18)19)17-11-9-16(10-12-17)13-7-4-3-5-8-13/h3-5,7-8,14H,2,6,9-12H2,1H3,(H,18,19)/t14-/m0/s1. The first-order chi connectivity index (χ1) is 9.22. The maximum absolute atomic E-state index is 11.3. The van der Waals surface area contributed by atoms with Crippen LogP contribution in [0.25, 0.3) is 0 Å². The minimum atomic E-state index is -0.685. The van der Waals surface area contributed by atoms with E-state index in [2.05, 4.69) is 21.9 Å². The maximum atomic E-state index is 11.3. The van der Waals surface area contributed by atoms with Gasteiger partial charge in [-0.2, -0.15) is 0 Å². The molecule has 19 heavy (non-hydrogen) atoms. The fourth-order valence-corrected chi connectivity index (χ4v) is 2.67. The third-order valence-electron chi connectivity index (χ3n) is 3.72. The molecule has 1 aromatic carbocycles. The molecule has 2 rings (SSSR count). The van der Waals surface area contributed by atoms with Crippen LogP contribution in [0.3, 0.4) is 0 Å². The van der Waals surface area contributed by atoms with E-state index in [1.165, 1.54) is 5.69 Å². The van der Waals surface area contributed by atoms with E-state index in [-0.39, 0.29) is 6.04 Å². The molecule has 0 bridgehead atoms. The van der Waals surface area contributed by atoms with Gasteiger partial charge in [-0.25, -0.2) is 0 Å². The number of carboxylic acid groups (broad SMARTS) is 1. The van der Waals surface area contributed by atoms with Crippen LogP contribution < -0.4 is 4.90 Å². The van der Waals surface area contributed by atoms with Gasteiger partial charge in [-0.05, 0) is 18.6 Å². The summed E-state index contributed by atoms with van der Waals surface area (Å²) in [6.45, 7) is 5.49. The zero-order valence-electron chi connectivity index (χ0n) is 11.5. The first-order valence-corrected chi connectivity index (χ1v) is 6.99. The molecule has 0 saturated carbocycles. The minimum Gasteiger partial charge on any atom is -0.480 e. The van der Waals surface area contributed by atoms with Crippen molar-refractivity contribution in [3.63, 3.8) is 0 Å². The van der Waals surface area contributed by atoms with Crippen molar-refractivity contribution in [3.05, 3.63) is 30.3 Å². The third-order valence-corrected chi connectivity index (χ3v) is 3.72. The van der Waals surface area contributed by atoms with Crippen LogP contribution in [0.1, 0.15) is 19.8 Å². The molecule has 0 aliphatic carbocycles. The monoisotopic (exact) mass is 262 g/mol. The molecule has 0 spiro atoms. The molecule has 104 valence electrons. The van der Waals surface area contributed by atoms with E-state index < -0.39 is 5.97 Å². The van der Waals surface area contributed by atoms with Gasteiger partial charge in [0.05, 0.1) is 0 Å². The van der Waals surface area contributed by atoms with E-state index >= 15 is 0 Å². The number of aliphatic carboxylic acids is 1. The normalized spacial score (nSPS) is 18.3. The molecule has 1 aliphatic rings. The number of rotatable bonds is 5. The highest BCUT2D eigenvalue weighted by atomic mass is 16.4. The Morgan fingerprint density at radius 1 is 1.21 bits per heavy atom. The van der Waals surface area contributed by atoms with Gasteiger partial charge in [0, 0.05) is 31.9 Å². The zero-order valence-corrected chi connectivity index (χ0v) is 11.5. The van der Waals surface area contributed by atoms with E-state index in [0.29, 0.717) is 0 Å². The van der Waals surface area contributed by atoms with E-state index in [1.54, 1.807) is 0 Å². The largest absolute Gasteiger partial charge is 0.480 e. The Balaban J connectivity index is 1.93. The number of nitrogens with zero attached hydrogens (tertiary/aromatic N) is 2. The fourth-order valence-electron chi connectivity index (χ4n) is 2.67. The number of hydrogen-bond donors (Lipinski definition) is 1. The van der Waals surface area contributed by atoms with Gasteiger partial charge in [0.15, 0.2) is 0 Å². The molecular weight excluding hydrogens is 240 g/mol. The van der Waals surface area contributed by atoms with Crippen LogP contribution >= 0.6 is 0 Å². The van der Waals surface area contributed by atoms with Crippen LogP contribution in [0, 0.1) is 0 Å². The van der Waals surface area contributed by atoms with Gasteiger partial charge in [0.2, 0.25) is 0 Å². The summed E-state index contributed by atoms with van der Waals surface area (Å²) in [5.41, 5.74) is 1.23. The highest BCUT2D eigenvalue weighted by Gasteiger charge is 2.27. The summed E-state index contributed by atoms with van der Waals surface area (Å²) in [4.78, 5) is 15.7. The van der Waals surface area contributed by atoms with E-state index in [4.69, 9.17) is 0 Å². The Kier molecular flexibility index (Phi) is 4.80. The Labute approximate surface area is 114 Å². The molecule has 1 aliphatic heterocycles. The molecule has 0 aromatic heterocycles. The summed E-state index contributed by atoms with van der Waals surface area (Å²) < 4.78 is 0. The quantitative estimate of drug-likeness (QED) is 0.882. The van der Waals surface area contributed by atoms with Crippen LogP contribution in [0.5, 0.6) is 0 Å². The highest BCUT2D eigenvalue weighted by molar-refractivity contribution is 5.73. The highest BCUT2D eigenvalue weighted by Crippen LogP contribution is 2.18. The predicted octanol–water partition coefficient (Wildman–Crippen LogP) is 2.06. The van der Waals surface area contributed by atoms with Gasteiger partial charge < -0.3 is 10.0 Å². The number of hydrogen-bond acceptors (Lipinski definition) is 3. The number of carbonyl (C=O) groups is 1. The summed E-state index contributed by atoms with van der Waals surface area (Å²) in [6.07, 6.45) is 1.65. The van der Waals surface area contributed by atoms with Gasteiger partial charge in [-0.3, -0.25) is 9.69 Å². The van der Waals surface area contributed by atoms with Gasteiger partial charge in [-0.1, -0.05) is 31.5 Å². The number of carboxylic acids is 1. The summed E-state index contributed by atoms with van der Waals surface area (Å²) >= 11 is 0. The molecule has 0 radical (unpaired) electrons. The second-order valence-electron chi connectivity index (χ2n) is 5.00. The maximum Gasteiger partial charge on any atom is 0.320 e. The number of piperazine rings is 1. The van der Waals surface area contributed by atoms with E-state index in [1.807, 2.05) is 25.1 Å². The van der Waals surface area contributed by atoms with Crippen LogP contribution in [0.15, 0.2) is 30.3 Å². The molecule has 4 nitrogen and oxygen atoms in total. The molecule has 1 aromatic rings. The molecule has 1 saturated heterocycles. The minimum absolute atomic E-state index is 0.317. The van der Waals surface area contributed by atoms with Gasteiger partial charge >= 0.3 is 5.97 Å². The Bertz CT molecular complexity index is 400. The molecule has 1 N–H and O–H groups in total. The van der Waals surface area contributed by atoms with E-state index in [9.17, 15) is 9.90 Å². The second-order valence-corrected chi connectivity index (χ2v) is 5.00. The topological polar surface area (TPSA) is 43.8 Å². The second kappa shape index (κ2) is 6.57. The molecule has 4 heteroatoms. The van der Waals surface area contributed by atoms with E-state index in [0.717, 1.165) is 39.0 Å². The smallest absolute Gasteiger partial charge is 0.320 e. The van der Waals surface area contributed by atoms with Crippen LogP contribution in [0.4, 0.5) is 5.69 Å². The Hall–Kier alpha value is -1.55. The lowest BCUT2D eigenvalue weighted by Gasteiger charge is -2.38. The molecule has 0 unspecified atom stereocenters. The summed E-state index contributed by atoms with van der Waals surface area (Å²) in [7, 11) is 0. The van der Waals surface area contributed by atoms with Crippen molar-refractivity contribution in [2.24, 2.45) is 0 Å². The van der Waals surface area contributed by atoms with Crippen molar-refractivity contribution in [3.8, 4) is 0 Å². The van der Waals surface area contributed by atoms with Crippen LogP contribution in [0.2, 0.25) is 0 Å². The Morgan fingerprint density at radius 3 is 2.37 bits per heavy atom. The van der Waals surface area contributed by atoms with Crippen molar-refractivity contribution in [1.82, 2.24) is 4.90 Å². The molecule has 1 atom stereocenters. The average molecular weight is 262 g/mol. The molecule has 1 heterocycles. The lowest BCUT2D eigenvalue weighted by molar-refractivity contribution is -0.143. The molecule has 1 fully saturated rings. The van der Waals surface area contributed by atoms with Crippen molar-refractivity contribution in [2.75, 3.05) is 31.1 Å². The summed E-state index contributed by atoms with van der Waals surface area (Å²) in [5.74, 6) is -0.685. The Morgan fingerprint density at radius 2 is 1.84 bits per heavy atom. The van der Waals surface area contributed by atoms with Crippen molar-refractivity contribution in [1.29, 1.82) is 0 Å². The van der Waals surface area contributed by atoms with Gasteiger partial charge in [-0.15, -0.1) is 0 Å².